The normalized spacial score (nSPS) is 13.6. The first-order chi connectivity index (χ1) is 16.4. The lowest BCUT2D eigenvalue weighted by Crippen LogP contribution is -2.20. The molecule has 1 aliphatic heterocycles. The Bertz CT molecular complexity index is 1320. The average Bonchev–Trinajstić information content (AvgIpc) is 3.38. The van der Waals surface area contributed by atoms with Crippen LogP contribution in [-0.4, -0.2) is 50.2 Å². The molecule has 1 saturated heterocycles. The topological polar surface area (TPSA) is 121 Å². The summed E-state index contributed by atoms with van der Waals surface area (Å²) in [5.74, 6) is 0.360. The van der Waals surface area contributed by atoms with Crippen LogP contribution in [0.3, 0.4) is 0 Å². The molecule has 1 aliphatic rings. The van der Waals surface area contributed by atoms with Gasteiger partial charge in [-0.05, 0) is 61.4 Å². The molecule has 1 aromatic heterocycles. The summed E-state index contributed by atoms with van der Waals surface area (Å²) in [5, 5.41) is 2.88. The molecule has 0 atom stereocenters. The summed E-state index contributed by atoms with van der Waals surface area (Å²) in [5.41, 5.74) is 0.782. The number of nitrogens with one attached hydrogen (secondary N) is 2. The molecule has 3 aromatic rings. The fraction of sp³-hybridized carbons (Fsp3) is 0.261. The summed E-state index contributed by atoms with van der Waals surface area (Å²) in [6.07, 6.45) is 3.27. The zero-order valence-corrected chi connectivity index (χ0v) is 20.1. The van der Waals surface area contributed by atoms with E-state index in [9.17, 15) is 18.0 Å². The van der Waals surface area contributed by atoms with Gasteiger partial charge in [-0.1, -0.05) is 11.8 Å². The summed E-state index contributed by atoms with van der Waals surface area (Å²) in [6, 6.07) is 13.4. The van der Waals surface area contributed by atoms with Gasteiger partial charge in [0.05, 0.1) is 24.0 Å². The predicted octanol–water partition coefficient (Wildman–Crippen LogP) is 2.94. The van der Waals surface area contributed by atoms with Crippen LogP contribution >= 0.6 is 11.8 Å². The standard InChI is InChI=1S/C23H24N4O5S2/c1-32-18-8-4-16(5-9-18)25-21(28)15-33-23-24-14-20(22(29)26-23)34(30,31)19-10-6-17(7-11-19)27-12-2-3-13-27/h4-11,14H,2-3,12-13,15H2,1H3,(H,25,28)(H,24,26,29). The smallest absolute Gasteiger partial charge is 0.270 e. The van der Waals surface area contributed by atoms with Gasteiger partial charge in [0.1, 0.15) is 5.75 Å². The Morgan fingerprint density at radius 3 is 2.41 bits per heavy atom. The van der Waals surface area contributed by atoms with Gasteiger partial charge in [0, 0.05) is 24.5 Å². The molecule has 0 aliphatic carbocycles. The monoisotopic (exact) mass is 500 g/mol. The fourth-order valence-corrected chi connectivity index (χ4v) is 5.44. The van der Waals surface area contributed by atoms with Crippen LogP contribution in [0.4, 0.5) is 11.4 Å². The quantitative estimate of drug-likeness (QED) is 0.358. The number of aromatic amines is 1. The molecule has 0 radical (unpaired) electrons. The predicted molar refractivity (Wildman–Crippen MR) is 131 cm³/mol. The second-order valence-electron chi connectivity index (χ2n) is 7.64. The number of nitrogens with zero attached hydrogens (tertiary/aromatic N) is 2. The number of ether oxygens (including phenoxy) is 1. The second-order valence-corrected chi connectivity index (χ2v) is 10.5. The third-order valence-corrected chi connectivity index (χ3v) is 8.01. The molecule has 178 valence electrons. The number of aromatic nitrogens is 2. The maximum absolute atomic E-state index is 13.0. The van der Waals surface area contributed by atoms with Crippen LogP contribution in [0.15, 0.2) is 74.5 Å². The van der Waals surface area contributed by atoms with Crippen molar-refractivity contribution in [3.05, 3.63) is 65.1 Å². The Kier molecular flexibility index (Phi) is 7.23. The van der Waals surface area contributed by atoms with Crippen molar-refractivity contribution in [2.45, 2.75) is 27.8 Å². The molecule has 11 heteroatoms. The molecular formula is C23H24N4O5S2. The number of thioether (sulfide) groups is 1. The maximum atomic E-state index is 13.0. The summed E-state index contributed by atoms with van der Waals surface area (Å²) in [6.45, 7) is 1.90. The minimum atomic E-state index is -4.03. The number of amides is 1. The maximum Gasteiger partial charge on any atom is 0.270 e. The summed E-state index contributed by atoms with van der Waals surface area (Å²) >= 11 is 0.997. The van der Waals surface area contributed by atoms with Crippen LogP contribution in [0.2, 0.25) is 0 Å². The van der Waals surface area contributed by atoms with Crippen molar-refractivity contribution in [2.75, 3.05) is 36.2 Å². The van der Waals surface area contributed by atoms with Crippen molar-refractivity contribution < 1.29 is 17.9 Å². The highest BCUT2D eigenvalue weighted by molar-refractivity contribution is 7.99. The number of carbonyl (C=O) groups is 1. The van der Waals surface area contributed by atoms with Crippen LogP contribution < -0.4 is 20.5 Å². The molecule has 1 amide bonds. The molecule has 4 rings (SSSR count). The molecular weight excluding hydrogens is 476 g/mol. The van der Waals surface area contributed by atoms with Crippen molar-refractivity contribution in [2.24, 2.45) is 0 Å². The van der Waals surface area contributed by atoms with Crippen molar-refractivity contribution in [3.63, 3.8) is 0 Å². The van der Waals surface area contributed by atoms with Gasteiger partial charge in [-0.3, -0.25) is 9.59 Å². The van der Waals surface area contributed by atoms with Gasteiger partial charge in [-0.2, -0.15) is 0 Å². The lowest BCUT2D eigenvalue weighted by atomic mass is 10.3. The number of carbonyl (C=O) groups excluding carboxylic acids is 1. The first-order valence-electron chi connectivity index (χ1n) is 10.6. The SMILES string of the molecule is COc1ccc(NC(=O)CSc2ncc(S(=O)(=O)c3ccc(N4CCCC4)cc3)c(=O)[nH]2)cc1. The Balaban J connectivity index is 1.40. The molecule has 0 spiro atoms. The van der Waals surface area contributed by atoms with Gasteiger partial charge in [-0.15, -0.1) is 0 Å². The summed E-state index contributed by atoms with van der Waals surface area (Å²) < 4.78 is 31.0. The largest absolute Gasteiger partial charge is 0.497 e. The average molecular weight is 501 g/mol. The van der Waals surface area contributed by atoms with E-state index in [1.54, 1.807) is 43.5 Å². The van der Waals surface area contributed by atoms with Crippen LogP contribution in [0, 0.1) is 0 Å². The third-order valence-electron chi connectivity index (χ3n) is 5.36. The zero-order chi connectivity index (χ0) is 24.1. The van der Waals surface area contributed by atoms with Gasteiger partial charge >= 0.3 is 0 Å². The van der Waals surface area contributed by atoms with Gasteiger partial charge < -0.3 is 19.9 Å². The molecule has 1 fully saturated rings. The Labute approximate surface area is 201 Å². The number of benzene rings is 2. The lowest BCUT2D eigenvalue weighted by Gasteiger charge is -2.17. The van der Waals surface area contributed by atoms with Crippen LogP contribution in [0.5, 0.6) is 5.75 Å². The molecule has 2 aromatic carbocycles. The highest BCUT2D eigenvalue weighted by Crippen LogP contribution is 2.24. The number of methoxy groups -OCH3 is 1. The molecule has 34 heavy (non-hydrogen) atoms. The van der Waals surface area contributed by atoms with E-state index in [4.69, 9.17) is 4.74 Å². The number of hydrogen-bond donors (Lipinski definition) is 2. The minimum Gasteiger partial charge on any atom is -0.497 e. The van der Waals surface area contributed by atoms with E-state index in [-0.39, 0.29) is 21.7 Å². The van der Waals surface area contributed by atoms with E-state index in [0.29, 0.717) is 11.4 Å². The number of H-pyrrole nitrogens is 1. The molecule has 0 saturated carbocycles. The van der Waals surface area contributed by atoms with Gasteiger partial charge in [-0.25, -0.2) is 13.4 Å². The third kappa shape index (κ3) is 5.42. The number of anilines is 2. The molecule has 9 nitrogen and oxygen atoms in total. The van der Waals surface area contributed by atoms with Gasteiger partial charge in [0.2, 0.25) is 15.7 Å². The first kappa shape index (κ1) is 23.8. The molecule has 2 heterocycles. The van der Waals surface area contributed by atoms with E-state index in [0.717, 1.165) is 49.6 Å². The van der Waals surface area contributed by atoms with Gasteiger partial charge in [0.25, 0.3) is 5.56 Å². The number of rotatable bonds is 8. The minimum absolute atomic E-state index is 0.0149. The van der Waals surface area contributed by atoms with E-state index in [1.165, 1.54) is 12.1 Å². The van der Waals surface area contributed by atoms with E-state index < -0.39 is 20.3 Å². The number of hydrogen-bond acceptors (Lipinski definition) is 8. The summed E-state index contributed by atoms with van der Waals surface area (Å²) in [4.78, 5) is 33.0. The Morgan fingerprint density at radius 2 is 1.79 bits per heavy atom. The van der Waals surface area contributed by atoms with Crippen molar-refractivity contribution in [1.82, 2.24) is 9.97 Å². The van der Waals surface area contributed by atoms with E-state index in [1.807, 2.05) is 0 Å². The van der Waals surface area contributed by atoms with Crippen LogP contribution in [0.1, 0.15) is 12.8 Å². The molecule has 0 unspecified atom stereocenters. The van der Waals surface area contributed by atoms with Crippen molar-refractivity contribution >= 4 is 38.9 Å². The zero-order valence-electron chi connectivity index (χ0n) is 18.5. The Morgan fingerprint density at radius 1 is 1.12 bits per heavy atom. The van der Waals surface area contributed by atoms with Crippen molar-refractivity contribution in [3.8, 4) is 5.75 Å². The second kappa shape index (κ2) is 10.3. The number of sulfone groups is 1. The summed E-state index contributed by atoms with van der Waals surface area (Å²) in [7, 11) is -2.47. The highest BCUT2D eigenvalue weighted by atomic mass is 32.2. The van der Waals surface area contributed by atoms with Crippen LogP contribution in [-0.2, 0) is 14.6 Å². The van der Waals surface area contributed by atoms with Crippen molar-refractivity contribution in [1.29, 1.82) is 0 Å². The van der Waals surface area contributed by atoms with E-state index >= 15 is 0 Å². The highest BCUT2D eigenvalue weighted by Gasteiger charge is 2.23. The first-order valence-corrected chi connectivity index (χ1v) is 13.1. The Hall–Kier alpha value is -3.31. The van der Waals surface area contributed by atoms with E-state index in [2.05, 4.69) is 20.2 Å². The fourth-order valence-electron chi connectivity index (χ4n) is 3.58. The van der Waals surface area contributed by atoms with Gasteiger partial charge in [0.15, 0.2) is 10.1 Å². The molecule has 2 N–H and O–H groups in total. The lowest BCUT2D eigenvalue weighted by molar-refractivity contribution is -0.113. The van der Waals surface area contributed by atoms with Crippen LogP contribution in [0.25, 0.3) is 0 Å². The molecule has 0 bridgehead atoms.